The highest BCUT2D eigenvalue weighted by Gasteiger charge is 2.03. The van der Waals surface area contributed by atoms with Gasteiger partial charge in [0.05, 0.1) is 15.7 Å². The number of benzene rings is 1. The first-order valence-corrected chi connectivity index (χ1v) is 6.19. The van der Waals surface area contributed by atoms with E-state index in [1.165, 1.54) is 0 Å². The summed E-state index contributed by atoms with van der Waals surface area (Å²) in [4.78, 5) is 0. The molecule has 0 radical (unpaired) electrons. The second-order valence-corrected chi connectivity index (χ2v) is 4.80. The first kappa shape index (κ1) is 13.1. The van der Waals surface area contributed by atoms with Gasteiger partial charge in [0.1, 0.15) is 6.61 Å². The smallest absolute Gasteiger partial charge is 0.233 e. The molecule has 0 amide bonds. The van der Waals surface area contributed by atoms with Crippen molar-refractivity contribution < 1.29 is 4.74 Å². The Balaban J connectivity index is 2.06. The Morgan fingerprint density at radius 2 is 1.83 bits per heavy atom. The SMILES string of the molecule is Cc1cc(OCc2ccc(Cl)c(Cl)c2)nnc1C. The Labute approximate surface area is 116 Å². The van der Waals surface area contributed by atoms with E-state index >= 15 is 0 Å². The summed E-state index contributed by atoms with van der Waals surface area (Å²) in [6.45, 7) is 4.26. The maximum atomic E-state index is 5.93. The number of hydrogen-bond acceptors (Lipinski definition) is 3. The number of rotatable bonds is 3. The molecule has 0 bridgehead atoms. The second-order valence-electron chi connectivity index (χ2n) is 3.99. The zero-order valence-electron chi connectivity index (χ0n) is 10.1. The molecule has 5 heteroatoms. The van der Waals surface area contributed by atoms with E-state index in [1.54, 1.807) is 12.1 Å². The van der Waals surface area contributed by atoms with Crippen LogP contribution in [0, 0.1) is 13.8 Å². The molecule has 2 aromatic rings. The first-order valence-electron chi connectivity index (χ1n) is 5.44. The number of ether oxygens (including phenoxy) is 1. The molecule has 0 aliphatic carbocycles. The van der Waals surface area contributed by atoms with Crippen LogP contribution in [0.15, 0.2) is 24.3 Å². The van der Waals surface area contributed by atoms with Gasteiger partial charge in [-0.2, -0.15) is 5.10 Å². The number of halogens is 2. The van der Waals surface area contributed by atoms with Crippen molar-refractivity contribution in [3.63, 3.8) is 0 Å². The fourth-order valence-corrected chi connectivity index (χ4v) is 1.70. The van der Waals surface area contributed by atoms with Crippen LogP contribution in [-0.4, -0.2) is 10.2 Å². The van der Waals surface area contributed by atoms with E-state index in [2.05, 4.69) is 10.2 Å². The largest absolute Gasteiger partial charge is 0.472 e. The van der Waals surface area contributed by atoms with Crippen molar-refractivity contribution in [2.24, 2.45) is 0 Å². The van der Waals surface area contributed by atoms with Crippen molar-refractivity contribution in [2.75, 3.05) is 0 Å². The number of nitrogens with zero attached hydrogens (tertiary/aromatic N) is 2. The average molecular weight is 283 g/mol. The summed E-state index contributed by atoms with van der Waals surface area (Å²) >= 11 is 11.8. The summed E-state index contributed by atoms with van der Waals surface area (Å²) in [5.41, 5.74) is 2.88. The van der Waals surface area contributed by atoms with Crippen molar-refractivity contribution in [1.82, 2.24) is 10.2 Å². The van der Waals surface area contributed by atoms with Gasteiger partial charge in [0.2, 0.25) is 5.88 Å². The minimum atomic E-state index is 0.383. The zero-order chi connectivity index (χ0) is 13.1. The van der Waals surface area contributed by atoms with Gasteiger partial charge in [0.25, 0.3) is 0 Å². The molecule has 18 heavy (non-hydrogen) atoms. The fourth-order valence-electron chi connectivity index (χ4n) is 1.38. The van der Waals surface area contributed by atoms with Crippen LogP contribution in [0.5, 0.6) is 5.88 Å². The molecule has 2 rings (SSSR count). The molecule has 3 nitrogen and oxygen atoms in total. The second kappa shape index (κ2) is 5.55. The molecule has 1 aromatic carbocycles. The topological polar surface area (TPSA) is 35.0 Å². The minimum absolute atomic E-state index is 0.383. The average Bonchev–Trinajstić information content (AvgIpc) is 2.35. The third-order valence-electron chi connectivity index (χ3n) is 2.58. The van der Waals surface area contributed by atoms with Crippen molar-refractivity contribution in [3.8, 4) is 5.88 Å². The Kier molecular flexibility index (Phi) is 4.04. The monoisotopic (exact) mass is 282 g/mol. The van der Waals surface area contributed by atoms with Crippen LogP contribution in [0.25, 0.3) is 0 Å². The van der Waals surface area contributed by atoms with Gasteiger partial charge in [-0.15, -0.1) is 5.10 Å². The molecule has 0 saturated heterocycles. The van der Waals surface area contributed by atoms with Gasteiger partial charge >= 0.3 is 0 Å². The van der Waals surface area contributed by atoms with Gasteiger partial charge in [-0.3, -0.25) is 0 Å². The fraction of sp³-hybridized carbons (Fsp3) is 0.231. The lowest BCUT2D eigenvalue weighted by molar-refractivity contribution is 0.289. The Morgan fingerprint density at radius 1 is 1.06 bits per heavy atom. The van der Waals surface area contributed by atoms with Gasteiger partial charge < -0.3 is 4.74 Å². The summed E-state index contributed by atoms with van der Waals surface area (Å²) in [6.07, 6.45) is 0. The van der Waals surface area contributed by atoms with Crippen molar-refractivity contribution in [2.45, 2.75) is 20.5 Å². The number of aryl methyl sites for hydroxylation is 2. The van der Waals surface area contributed by atoms with Crippen LogP contribution in [0.4, 0.5) is 0 Å². The third kappa shape index (κ3) is 3.12. The molecule has 0 N–H and O–H groups in total. The molecular weight excluding hydrogens is 271 g/mol. The van der Waals surface area contributed by atoms with Gasteiger partial charge in [0.15, 0.2) is 0 Å². The Hall–Kier alpha value is -1.32. The summed E-state index contributed by atoms with van der Waals surface area (Å²) in [5, 5.41) is 9.01. The molecule has 0 unspecified atom stereocenters. The van der Waals surface area contributed by atoms with Gasteiger partial charge in [0, 0.05) is 6.07 Å². The maximum Gasteiger partial charge on any atom is 0.233 e. The molecular formula is C13H12Cl2N2O. The number of hydrogen-bond donors (Lipinski definition) is 0. The summed E-state index contributed by atoms with van der Waals surface area (Å²) < 4.78 is 5.55. The van der Waals surface area contributed by atoms with E-state index in [-0.39, 0.29) is 0 Å². The normalized spacial score (nSPS) is 10.4. The van der Waals surface area contributed by atoms with Gasteiger partial charge in [-0.25, -0.2) is 0 Å². The van der Waals surface area contributed by atoms with Crippen LogP contribution in [-0.2, 0) is 6.61 Å². The van der Waals surface area contributed by atoms with E-state index in [1.807, 2.05) is 26.0 Å². The van der Waals surface area contributed by atoms with Crippen molar-refractivity contribution in [1.29, 1.82) is 0 Å². The van der Waals surface area contributed by atoms with Crippen LogP contribution >= 0.6 is 23.2 Å². The Bertz CT molecular complexity index is 521. The van der Waals surface area contributed by atoms with Crippen molar-refractivity contribution >= 4 is 23.2 Å². The maximum absolute atomic E-state index is 5.93. The summed E-state index contributed by atoms with van der Waals surface area (Å²) in [7, 11) is 0. The van der Waals surface area contributed by atoms with Crippen LogP contribution < -0.4 is 4.74 Å². The lowest BCUT2D eigenvalue weighted by Crippen LogP contribution is -2.00. The van der Waals surface area contributed by atoms with Gasteiger partial charge in [-0.1, -0.05) is 29.3 Å². The molecule has 0 aliphatic rings. The van der Waals surface area contributed by atoms with Crippen LogP contribution in [0.2, 0.25) is 10.0 Å². The summed E-state index contributed by atoms with van der Waals surface area (Å²) in [6, 6.07) is 7.25. The standard InChI is InChI=1S/C13H12Cl2N2O/c1-8-5-13(17-16-9(8)2)18-7-10-3-4-11(14)12(15)6-10/h3-6H,7H2,1-2H3. The van der Waals surface area contributed by atoms with E-state index in [0.717, 1.165) is 16.8 Å². The molecule has 0 atom stereocenters. The lowest BCUT2D eigenvalue weighted by Gasteiger charge is -2.07. The highest BCUT2D eigenvalue weighted by molar-refractivity contribution is 6.42. The quantitative estimate of drug-likeness (QED) is 0.854. The third-order valence-corrected chi connectivity index (χ3v) is 3.32. The molecule has 0 aliphatic heterocycles. The lowest BCUT2D eigenvalue weighted by atomic mass is 10.2. The predicted molar refractivity (Wildman–Crippen MR) is 72.3 cm³/mol. The highest BCUT2D eigenvalue weighted by Crippen LogP contribution is 2.23. The summed E-state index contributed by atoms with van der Waals surface area (Å²) in [5.74, 6) is 0.504. The van der Waals surface area contributed by atoms with Crippen molar-refractivity contribution in [3.05, 3.63) is 51.1 Å². The zero-order valence-corrected chi connectivity index (χ0v) is 11.6. The molecule has 0 saturated carbocycles. The van der Waals surface area contributed by atoms with E-state index in [9.17, 15) is 0 Å². The molecule has 1 heterocycles. The number of aromatic nitrogens is 2. The molecule has 0 spiro atoms. The van der Waals surface area contributed by atoms with Crippen LogP contribution in [0.1, 0.15) is 16.8 Å². The predicted octanol–water partition coefficient (Wildman–Crippen LogP) is 3.98. The highest BCUT2D eigenvalue weighted by atomic mass is 35.5. The molecule has 0 fully saturated rings. The minimum Gasteiger partial charge on any atom is -0.472 e. The van der Waals surface area contributed by atoms with Gasteiger partial charge in [-0.05, 0) is 37.1 Å². The van der Waals surface area contributed by atoms with E-state index in [0.29, 0.717) is 22.5 Å². The molecule has 1 aromatic heterocycles. The van der Waals surface area contributed by atoms with E-state index in [4.69, 9.17) is 27.9 Å². The molecule has 94 valence electrons. The van der Waals surface area contributed by atoms with E-state index < -0.39 is 0 Å². The Morgan fingerprint density at radius 3 is 2.50 bits per heavy atom. The van der Waals surface area contributed by atoms with Crippen LogP contribution in [0.3, 0.4) is 0 Å². The first-order chi connectivity index (χ1) is 8.56.